The number of hydrogen-bond acceptors (Lipinski definition) is 10. The molecule has 44 heavy (non-hydrogen) atoms. The second-order valence-corrected chi connectivity index (χ2v) is 17.5. The predicted molar refractivity (Wildman–Crippen MR) is 178 cm³/mol. The maximum atomic E-state index is 14.9. The van der Waals surface area contributed by atoms with Crippen molar-refractivity contribution < 1.29 is 19.8 Å². The number of benzene rings is 1. The zero-order chi connectivity index (χ0) is 30.9. The Hall–Kier alpha value is -1.30. The molecule has 5 fully saturated rings. The first-order chi connectivity index (χ1) is 21.2. The van der Waals surface area contributed by atoms with Gasteiger partial charge in [-0.25, -0.2) is 0 Å². The maximum absolute atomic E-state index is 14.9. The molecule has 0 spiro atoms. The van der Waals surface area contributed by atoms with Crippen molar-refractivity contribution in [2.24, 2.45) is 11.8 Å². The predicted octanol–water partition coefficient (Wildman–Crippen LogP) is 4.04. The van der Waals surface area contributed by atoms with E-state index in [1.807, 2.05) is 0 Å². The van der Waals surface area contributed by atoms with Gasteiger partial charge in [0.2, 0.25) is 0 Å². The SMILES string of the molecule is CN(C)CCN1C2CCCCC2SC2C3SC4CCCCC4N(CCN(C)C)C3C3C(=O)c4c(O)ccc(O)c4C(=O)C3C21. The fourth-order valence-corrected chi connectivity index (χ4v) is 14.1. The molecule has 0 aromatic heterocycles. The van der Waals surface area contributed by atoms with E-state index in [-0.39, 0.29) is 56.8 Å². The van der Waals surface area contributed by atoms with E-state index in [0.29, 0.717) is 22.6 Å². The van der Waals surface area contributed by atoms with Gasteiger partial charge in [0, 0.05) is 71.3 Å². The number of carbonyl (C=O) groups excluding carboxylic acids is 2. The zero-order valence-corrected chi connectivity index (χ0v) is 28.4. The fourth-order valence-electron chi connectivity index (χ4n) is 9.71. The molecule has 0 radical (unpaired) electrons. The molecule has 2 saturated heterocycles. The van der Waals surface area contributed by atoms with Crippen molar-refractivity contribution in [1.82, 2.24) is 19.6 Å². The van der Waals surface area contributed by atoms with Gasteiger partial charge in [-0.3, -0.25) is 19.4 Å². The van der Waals surface area contributed by atoms with Crippen molar-refractivity contribution in [3.8, 4) is 11.5 Å². The van der Waals surface area contributed by atoms with E-state index < -0.39 is 11.8 Å². The topological polar surface area (TPSA) is 87.6 Å². The molecule has 6 aliphatic rings. The number of rotatable bonds is 6. The number of phenolic OH excluding ortho intramolecular Hbond substituents is 2. The van der Waals surface area contributed by atoms with Gasteiger partial charge in [0.1, 0.15) is 11.5 Å². The molecule has 0 amide bonds. The highest BCUT2D eigenvalue weighted by molar-refractivity contribution is 8.04. The molecule has 10 atom stereocenters. The van der Waals surface area contributed by atoms with Crippen LogP contribution in [0.2, 0.25) is 0 Å². The third-order valence-corrected chi connectivity index (χ3v) is 15.4. The van der Waals surface area contributed by atoms with Crippen molar-refractivity contribution in [1.29, 1.82) is 0 Å². The van der Waals surface area contributed by atoms with Crippen LogP contribution >= 0.6 is 23.5 Å². The lowest BCUT2D eigenvalue weighted by atomic mass is 9.61. The van der Waals surface area contributed by atoms with E-state index in [0.717, 1.165) is 39.0 Å². The second kappa shape index (κ2) is 12.4. The molecule has 3 saturated carbocycles. The minimum Gasteiger partial charge on any atom is -0.507 e. The number of fused-ring (bicyclic) bond motifs is 9. The molecule has 2 heterocycles. The van der Waals surface area contributed by atoms with Crippen LogP contribution in [0.1, 0.15) is 72.1 Å². The van der Waals surface area contributed by atoms with Gasteiger partial charge in [0.15, 0.2) is 11.6 Å². The van der Waals surface area contributed by atoms with Crippen LogP contribution in [0.4, 0.5) is 0 Å². The number of thioether (sulfide) groups is 2. The summed E-state index contributed by atoms with van der Waals surface area (Å²) in [7, 11) is 8.46. The smallest absolute Gasteiger partial charge is 0.172 e. The molecule has 1 aromatic rings. The van der Waals surface area contributed by atoms with E-state index in [1.165, 1.54) is 50.7 Å². The summed E-state index contributed by atoms with van der Waals surface area (Å²) in [6.45, 7) is 3.55. The minimum atomic E-state index is -0.533. The van der Waals surface area contributed by atoms with Crippen molar-refractivity contribution in [2.75, 3.05) is 54.4 Å². The van der Waals surface area contributed by atoms with E-state index in [2.05, 4.69) is 71.3 Å². The van der Waals surface area contributed by atoms with Gasteiger partial charge in [-0.05, 0) is 66.0 Å². The Morgan fingerprint density at radius 3 is 1.45 bits per heavy atom. The Labute approximate surface area is 271 Å². The van der Waals surface area contributed by atoms with E-state index >= 15 is 0 Å². The summed E-state index contributed by atoms with van der Waals surface area (Å²) in [6.07, 6.45) is 9.64. The van der Waals surface area contributed by atoms with Crippen molar-refractivity contribution in [2.45, 2.75) is 96.5 Å². The molecule has 7 rings (SSSR count). The van der Waals surface area contributed by atoms with Crippen molar-refractivity contribution in [3.63, 3.8) is 0 Å². The first-order valence-electron chi connectivity index (χ1n) is 16.9. The second-order valence-electron chi connectivity index (χ2n) is 14.7. The van der Waals surface area contributed by atoms with Gasteiger partial charge in [-0.2, -0.15) is 23.5 Å². The normalized spacial score (nSPS) is 38.9. The molecular weight excluding hydrogens is 593 g/mol. The molecule has 242 valence electrons. The Bertz CT molecular complexity index is 1180. The summed E-state index contributed by atoms with van der Waals surface area (Å²) in [5.74, 6) is -1.70. The average Bonchev–Trinajstić information content (AvgIpc) is 3.00. The molecule has 10 heteroatoms. The van der Waals surface area contributed by atoms with Crippen molar-refractivity contribution >= 4 is 35.1 Å². The van der Waals surface area contributed by atoms with E-state index in [1.54, 1.807) is 0 Å². The lowest BCUT2D eigenvalue weighted by Crippen LogP contribution is -2.76. The third-order valence-electron chi connectivity index (χ3n) is 11.6. The van der Waals surface area contributed by atoms with Crippen LogP contribution in [0, 0.1) is 11.8 Å². The molecule has 2 aliphatic heterocycles. The quantitative estimate of drug-likeness (QED) is 0.444. The summed E-state index contributed by atoms with van der Waals surface area (Å²) < 4.78 is 0. The Morgan fingerprint density at radius 2 is 1.07 bits per heavy atom. The molecular formula is C34H50N4O4S2. The maximum Gasteiger partial charge on any atom is 0.172 e. The minimum absolute atomic E-state index is 0.0515. The molecule has 10 unspecified atom stereocenters. The van der Waals surface area contributed by atoms with E-state index in [9.17, 15) is 19.8 Å². The lowest BCUT2D eigenvalue weighted by molar-refractivity contribution is -0.0281. The van der Waals surface area contributed by atoms with E-state index in [4.69, 9.17) is 0 Å². The Morgan fingerprint density at radius 1 is 0.682 bits per heavy atom. The van der Waals surface area contributed by atoms with Crippen LogP contribution in [-0.2, 0) is 0 Å². The number of hydrogen-bond donors (Lipinski definition) is 2. The lowest BCUT2D eigenvalue weighted by Gasteiger charge is -2.65. The summed E-state index contributed by atoms with van der Waals surface area (Å²) in [5, 5.41) is 23.6. The fraction of sp³-hybridized carbons (Fsp3) is 0.765. The molecule has 2 N–H and O–H groups in total. The van der Waals surface area contributed by atoms with Gasteiger partial charge in [-0.15, -0.1) is 0 Å². The van der Waals surface area contributed by atoms with Crippen LogP contribution in [0.5, 0.6) is 11.5 Å². The van der Waals surface area contributed by atoms with Gasteiger partial charge < -0.3 is 20.0 Å². The van der Waals surface area contributed by atoms with Crippen molar-refractivity contribution in [3.05, 3.63) is 23.3 Å². The molecule has 0 bridgehead atoms. The highest BCUT2D eigenvalue weighted by atomic mass is 32.2. The first-order valence-corrected chi connectivity index (χ1v) is 18.8. The average molecular weight is 643 g/mol. The number of ketones is 2. The summed E-state index contributed by atoms with van der Waals surface area (Å²) in [6, 6.07) is 3.42. The molecule has 1 aromatic carbocycles. The molecule has 8 nitrogen and oxygen atoms in total. The zero-order valence-electron chi connectivity index (χ0n) is 26.7. The molecule has 4 aliphatic carbocycles. The van der Waals surface area contributed by atoms with Crippen LogP contribution in [0.25, 0.3) is 0 Å². The van der Waals surface area contributed by atoms with Crippen LogP contribution in [-0.4, -0.2) is 141 Å². The Balaban J connectivity index is 1.41. The number of nitrogens with zero attached hydrogens (tertiary/aromatic N) is 4. The highest BCUT2D eigenvalue weighted by Gasteiger charge is 2.66. The summed E-state index contributed by atoms with van der Waals surface area (Å²) >= 11 is 4.30. The van der Waals surface area contributed by atoms with Gasteiger partial charge >= 0.3 is 0 Å². The Kier molecular flexibility index (Phi) is 8.81. The largest absolute Gasteiger partial charge is 0.507 e. The van der Waals surface area contributed by atoms with Gasteiger partial charge in [-0.1, -0.05) is 25.7 Å². The monoisotopic (exact) mass is 642 g/mol. The number of Topliss-reactive ketones (excluding diaryl/α,β-unsaturated/α-hetero) is 2. The summed E-state index contributed by atoms with van der Waals surface area (Å²) in [4.78, 5) is 39.6. The summed E-state index contributed by atoms with van der Waals surface area (Å²) in [5.41, 5.74) is 0.103. The van der Waals surface area contributed by atoms with Crippen LogP contribution < -0.4 is 0 Å². The number of likely N-dealkylation sites (N-methyl/N-ethyl adjacent to an activating group) is 2. The first kappa shape index (κ1) is 31.3. The number of aromatic hydroxyl groups is 2. The van der Waals surface area contributed by atoms with Crippen LogP contribution in [0.3, 0.4) is 0 Å². The van der Waals surface area contributed by atoms with Gasteiger partial charge in [0.05, 0.1) is 23.0 Å². The highest BCUT2D eigenvalue weighted by Crippen LogP contribution is 2.59. The third kappa shape index (κ3) is 5.14. The number of phenols is 2. The van der Waals surface area contributed by atoms with Gasteiger partial charge in [0.25, 0.3) is 0 Å². The standard InChI is InChI=1S/C34H50N4O4S2/c1-35(2)15-17-37-19-9-5-7-11-23(19)43-33-29(37)27-28(32(42)26-22(40)14-13-21(39)25(26)31(27)41)30-34(33)44-24-12-8-6-10-20(24)38(30)18-16-36(3)4/h13-14,19-20,23-24,27-30,33-34,39-40H,5-12,15-18H2,1-4H3. The number of carbonyl (C=O) groups is 2. The van der Waals surface area contributed by atoms with Crippen LogP contribution in [0.15, 0.2) is 12.1 Å².